The lowest BCUT2D eigenvalue weighted by Crippen LogP contribution is -2.24. The van der Waals surface area contributed by atoms with Crippen molar-refractivity contribution in [1.29, 1.82) is 0 Å². The lowest BCUT2D eigenvalue weighted by Gasteiger charge is -2.06. The number of aryl methyl sites for hydroxylation is 1. The number of pyridine rings is 1. The second-order valence-electron chi connectivity index (χ2n) is 6.38. The maximum atomic E-state index is 12.6. The summed E-state index contributed by atoms with van der Waals surface area (Å²) in [5.41, 5.74) is 3.63. The highest BCUT2D eigenvalue weighted by atomic mass is 16.2. The number of hydrogen-bond acceptors (Lipinski definition) is 4. The number of nitrogens with one attached hydrogen (secondary N) is 1. The lowest BCUT2D eigenvalue weighted by atomic mass is 10.2. The quantitative estimate of drug-likeness (QED) is 0.584. The van der Waals surface area contributed by atoms with Gasteiger partial charge >= 0.3 is 0 Å². The van der Waals surface area contributed by atoms with Gasteiger partial charge in [-0.05, 0) is 36.8 Å². The highest BCUT2D eigenvalue weighted by Gasteiger charge is 2.18. The van der Waals surface area contributed by atoms with Crippen molar-refractivity contribution < 1.29 is 4.79 Å². The van der Waals surface area contributed by atoms with Crippen LogP contribution in [0.1, 0.15) is 21.9 Å². The Morgan fingerprint density at radius 1 is 1.00 bits per heavy atom. The predicted octanol–water partition coefficient (Wildman–Crippen LogP) is 3.57. The smallest absolute Gasteiger partial charge is 0.291 e. The van der Waals surface area contributed by atoms with Gasteiger partial charge in [0.1, 0.15) is 0 Å². The summed E-state index contributed by atoms with van der Waals surface area (Å²) in [7, 11) is 0. The van der Waals surface area contributed by atoms with E-state index in [0.29, 0.717) is 12.4 Å². The molecule has 2 aromatic carbocycles. The minimum atomic E-state index is -0.339. The van der Waals surface area contributed by atoms with Crippen LogP contribution < -0.4 is 5.32 Å². The topological polar surface area (TPSA) is 72.7 Å². The first-order valence-corrected chi connectivity index (χ1v) is 8.98. The largest absolute Gasteiger partial charge is 0.344 e. The molecule has 4 aromatic rings. The molecule has 6 nitrogen and oxygen atoms in total. The first-order valence-electron chi connectivity index (χ1n) is 8.98. The minimum absolute atomic E-state index is 0.122. The fraction of sp³-hybridized carbons (Fsp3) is 0.0909. The highest BCUT2D eigenvalue weighted by molar-refractivity contribution is 5.91. The van der Waals surface area contributed by atoms with E-state index < -0.39 is 0 Å². The van der Waals surface area contributed by atoms with Gasteiger partial charge in [-0.1, -0.05) is 48.5 Å². The Kier molecular flexibility index (Phi) is 4.93. The summed E-state index contributed by atoms with van der Waals surface area (Å²) in [6, 6.07) is 23.2. The number of amides is 1. The van der Waals surface area contributed by atoms with Crippen molar-refractivity contribution in [2.45, 2.75) is 13.5 Å². The lowest BCUT2D eigenvalue weighted by molar-refractivity contribution is 0.0940. The van der Waals surface area contributed by atoms with E-state index >= 15 is 0 Å². The molecular weight excluding hydrogens is 350 g/mol. The standard InChI is InChI=1S/C22H19N5O/c1-16-8-7-12-19(14-16)27-21(17-9-3-2-4-10-17)25-20(26-27)22(28)24-15-18-11-5-6-13-23-18/h2-14H,15H2,1H3,(H,24,28). The van der Waals surface area contributed by atoms with Crippen LogP contribution in [0, 0.1) is 6.92 Å². The Morgan fingerprint density at radius 2 is 1.82 bits per heavy atom. The van der Waals surface area contributed by atoms with Crippen molar-refractivity contribution >= 4 is 5.91 Å². The van der Waals surface area contributed by atoms with Gasteiger partial charge in [0.25, 0.3) is 5.91 Å². The van der Waals surface area contributed by atoms with Crippen molar-refractivity contribution in [2.75, 3.05) is 0 Å². The summed E-state index contributed by atoms with van der Waals surface area (Å²) in [5, 5.41) is 7.31. The highest BCUT2D eigenvalue weighted by Crippen LogP contribution is 2.21. The van der Waals surface area contributed by atoms with E-state index in [4.69, 9.17) is 0 Å². The molecule has 2 heterocycles. The minimum Gasteiger partial charge on any atom is -0.344 e. The van der Waals surface area contributed by atoms with Gasteiger partial charge in [-0.2, -0.15) is 0 Å². The third-order valence-electron chi connectivity index (χ3n) is 4.24. The van der Waals surface area contributed by atoms with E-state index in [1.165, 1.54) is 0 Å². The van der Waals surface area contributed by atoms with Gasteiger partial charge in [-0.15, -0.1) is 5.10 Å². The van der Waals surface area contributed by atoms with Crippen LogP contribution >= 0.6 is 0 Å². The Bertz CT molecular complexity index is 1090. The van der Waals surface area contributed by atoms with Gasteiger partial charge in [-0.3, -0.25) is 9.78 Å². The Labute approximate surface area is 162 Å². The molecule has 1 N–H and O–H groups in total. The van der Waals surface area contributed by atoms with Gasteiger partial charge < -0.3 is 5.32 Å². The molecule has 0 spiro atoms. The molecule has 0 saturated heterocycles. The Balaban J connectivity index is 1.68. The maximum absolute atomic E-state index is 12.6. The molecule has 138 valence electrons. The van der Waals surface area contributed by atoms with Crippen LogP contribution in [-0.4, -0.2) is 25.7 Å². The summed E-state index contributed by atoms with van der Waals surface area (Å²) in [5.74, 6) is 0.403. The Hall–Kier alpha value is -3.80. The fourth-order valence-electron chi connectivity index (χ4n) is 2.87. The molecule has 0 aliphatic carbocycles. The SMILES string of the molecule is Cc1cccc(-n2nc(C(=O)NCc3ccccn3)nc2-c2ccccc2)c1. The molecular formula is C22H19N5O. The van der Waals surface area contributed by atoms with Gasteiger partial charge in [0.15, 0.2) is 5.82 Å². The van der Waals surface area contributed by atoms with Crippen LogP contribution in [0.25, 0.3) is 17.1 Å². The van der Waals surface area contributed by atoms with E-state index in [-0.39, 0.29) is 11.7 Å². The molecule has 0 atom stereocenters. The van der Waals surface area contributed by atoms with E-state index in [9.17, 15) is 4.79 Å². The van der Waals surface area contributed by atoms with Crippen molar-refractivity contribution in [1.82, 2.24) is 25.1 Å². The number of aromatic nitrogens is 4. The molecule has 0 aliphatic heterocycles. The van der Waals surface area contributed by atoms with Crippen LogP contribution in [-0.2, 0) is 6.54 Å². The van der Waals surface area contributed by atoms with Crippen LogP contribution in [0.2, 0.25) is 0 Å². The molecule has 28 heavy (non-hydrogen) atoms. The van der Waals surface area contributed by atoms with Crippen LogP contribution in [0.5, 0.6) is 0 Å². The average molecular weight is 369 g/mol. The number of benzene rings is 2. The zero-order chi connectivity index (χ0) is 19.3. The van der Waals surface area contributed by atoms with Crippen molar-refractivity contribution in [3.8, 4) is 17.1 Å². The molecule has 6 heteroatoms. The summed E-state index contributed by atoms with van der Waals surface area (Å²) >= 11 is 0. The number of carbonyl (C=O) groups is 1. The van der Waals surface area contributed by atoms with Crippen molar-refractivity contribution in [3.63, 3.8) is 0 Å². The average Bonchev–Trinajstić information content (AvgIpc) is 3.19. The summed E-state index contributed by atoms with van der Waals surface area (Å²) in [6.45, 7) is 2.34. The van der Waals surface area contributed by atoms with Gasteiger partial charge in [0.05, 0.1) is 17.9 Å². The summed E-state index contributed by atoms with van der Waals surface area (Å²) in [4.78, 5) is 21.4. The molecule has 0 saturated carbocycles. The van der Waals surface area contributed by atoms with E-state index in [0.717, 1.165) is 22.5 Å². The number of nitrogens with zero attached hydrogens (tertiary/aromatic N) is 4. The fourth-order valence-corrected chi connectivity index (χ4v) is 2.87. The second-order valence-corrected chi connectivity index (χ2v) is 6.38. The molecule has 0 aliphatic rings. The third-order valence-corrected chi connectivity index (χ3v) is 4.24. The Morgan fingerprint density at radius 3 is 2.57 bits per heavy atom. The van der Waals surface area contributed by atoms with Gasteiger partial charge in [-0.25, -0.2) is 9.67 Å². The number of hydrogen-bond donors (Lipinski definition) is 1. The zero-order valence-corrected chi connectivity index (χ0v) is 15.4. The first-order chi connectivity index (χ1) is 13.7. The molecule has 4 rings (SSSR count). The molecule has 2 aromatic heterocycles. The zero-order valence-electron chi connectivity index (χ0n) is 15.4. The normalized spacial score (nSPS) is 10.6. The van der Waals surface area contributed by atoms with Crippen LogP contribution in [0.15, 0.2) is 79.0 Å². The monoisotopic (exact) mass is 369 g/mol. The molecule has 0 fully saturated rings. The van der Waals surface area contributed by atoms with Crippen LogP contribution in [0.4, 0.5) is 0 Å². The summed E-state index contributed by atoms with van der Waals surface area (Å²) < 4.78 is 1.71. The molecule has 0 radical (unpaired) electrons. The third kappa shape index (κ3) is 3.81. The maximum Gasteiger partial charge on any atom is 0.291 e. The summed E-state index contributed by atoms with van der Waals surface area (Å²) in [6.07, 6.45) is 1.69. The number of rotatable bonds is 5. The second kappa shape index (κ2) is 7.84. The van der Waals surface area contributed by atoms with E-state index in [1.807, 2.05) is 79.7 Å². The van der Waals surface area contributed by atoms with E-state index in [1.54, 1.807) is 10.9 Å². The van der Waals surface area contributed by atoms with Crippen LogP contribution in [0.3, 0.4) is 0 Å². The van der Waals surface area contributed by atoms with Crippen molar-refractivity contribution in [2.24, 2.45) is 0 Å². The van der Waals surface area contributed by atoms with Gasteiger partial charge in [0, 0.05) is 11.8 Å². The molecule has 0 bridgehead atoms. The first kappa shape index (κ1) is 17.6. The molecule has 1 amide bonds. The van der Waals surface area contributed by atoms with Gasteiger partial charge in [0.2, 0.25) is 5.82 Å². The van der Waals surface area contributed by atoms with Crippen molar-refractivity contribution in [3.05, 3.63) is 96.1 Å². The number of carbonyl (C=O) groups excluding carboxylic acids is 1. The molecule has 0 unspecified atom stereocenters. The predicted molar refractivity (Wildman–Crippen MR) is 107 cm³/mol. The van der Waals surface area contributed by atoms with E-state index in [2.05, 4.69) is 20.4 Å².